The van der Waals surface area contributed by atoms with Gasteiger partial charge in [-0.05, 0) is 30.5 Å². The van der Waals surface area contributed by atoms with Gasteiger partial charge in [-0.25, -0.2) is 0 Å². The van der Waals surface area contributed by atoms with Crippen molar-refractivity contribution < 1.29 is 9.90 Å². The lowest BCUT2D eigenvalue weighted by Crippen LogP contribution is -2.54. The smallest absolute Gasteiger partial charge is 0.246 e. The lowest BCUT2D eigenvalue weighted by molar-refractivity contribution is -0.128. The van der Waals surface area contributed by atoms with E-state index >= 15 is 0 Å². The van der Waals surface area contributed by atoms with Gasteiger partial charge in [0.1, 0.15) is 11.8 Å². The summed E-state index contributed by atoms with van der Waals surface area (Å²) in [5.41, 5.74) is 0.668. The van der Waals surface area contributed by atoms with Crippen LogP contribution in [0.2, 0.25) is 0 Å². The Morgan fingerprint density at radius 2 is 2.23 bits per heavy atom. The lowest BCUT2D eigenvalue weighted by atomic mass is 10.1. The van der Waals surface area contributed by atoms with E-state index in [-0.39, 0.29) is 17.7 Å². The summed E-state index contributed by atoms with van der Waals surface area (Å²) in [5, 5.41) is 18.6. The zero-order valence-electron chi connectivity index (χ0n) is 12.2. The Balaban J connectivity index is 1.62. The highest BCUT2D eigenvalue weighted by Gasteiger charge is 2.38. The molecule has 2 fully saturated rings. The predicted molar refractivity (Wildman–Crippen MR) is 80.6 cm³/mol. The van der Waals surface area contributed by atoms with Gasteiger partial charge in [0.15, 0.2) is 0 Å². The number of aromatic hydroxyl groups is 1. The Morgan fingerprint density at radius 3 is 2.91 bits per heavy atom. The number of pyridine rings is 1. The van der Waals surface area contributed by atoms with Crippen molar-refractivity contribution in [3.8, 4) is 11.8 Å². The number of nitriles is 1. The van der Waals surface area contributed by atoms with Crippen molar-refractivity contribution in [1.82, 2.24) is 14.8 Å². The van der Waals surface area contributed by atoms with Gasteiger partial charge in [-0.15, -0.1) is 0 Å². The van der Waals surface area contributed by atoms with Crippen LogP contribution >= 0.6 is 0 Å². The van der Waals surface area contributed by atoms with Crippen molar-refractivity contribution in [2.75, 3.05) is 19.6 Å². The number of hydrogen-bond acceptors (Lipinski definition) is 5. The van der Waals surface area contributed by atoms with E-state index in [0.29, 0.717) is 24.7 Å². The van der Waals surface area contributed by atoms with Crippen LogP contribution in [0.25, 0.3) is 6.08 Å². The molecule has 0 bridgehead atoms. The fraction of sp³-hybridized carbons (Fsp3) is 0.438. The molecule has 1 amide bonds. The standard InChI is InChI=1S/C16H18N4O2/c17-8-14-11-19(5-6-20(14)13-2-3-13)16(22)4-1-12-7-15(21)10-18-9-12/h1,4,7,9-10,13-14,21H,2-3,5-6,11H2/b4-1+. The molecule has 3 rings (SSSR count). The maximum atomic E-state index is 12.2. The van der Waals surface area contributed by atoms with Gasteiger partial charge in [0.25, 0.3) is 0 Å². The molecule has 1 aliphatic carbocycles. The van der Waals surface area contributed by atoms with Gasteiger partial charge in [0, 0.05) is 37.9 Å². The molecule has 1 aromatic heterocycles. The van der Waals surface area contributed by atoms with Gasteiger partial charge < -0.3 is 10.0 Å². The Hall–Kier alpha value is -2.39. The van der Waals surface area contributed by atoms with Crippen LogP contribution in [0.15, 0.2) is 24.5 Å². The summed E-state index contributed by atoms with van der Waals surface area (Å²) >= 11 is 0. The van der Waals surface area contributed by atoms with Crippen molar-refractivity contribution in [1.29, 1.82) is 5.26 Å². The molecule has 114 valence electrons. The summed E-state index contributed by atoms with van der Waals surface area (Å²) in [4.78, 5) is 20.0. The van der Waals surface area contributed by atoms with E-state index in [1.807, 2.05) is 0 Å². The highest BCUT2D eigenvalue weighted by atomic mass is 16.3. The van der Waals surface area contributed by atoms with Crippen LogP contribution in [0, 0.1) is 11.3 Å². The Bertz CT molecular complexity index is 633. The topological polar surface area (TPSA) is 80.5 Å². The van der Waals surface area contributed by atoms with E-state index in [0.717, 1.165) is 19.4 Å². The van der Waals surface area contributed by atoms with Crippen LogP contribution in [-0.2, 0) is 4.79 Å². The van der Waals surface area contributed by atoms with Crippen molar-refractivity contribution in [3.05, 3.63) is 30.1 Å². The minimum absolute atomic E-state index is 0.0668. The molecule has 2 heterocycles. The van der Waals surface area contributed by atoms with E-state index < -0.39 is 0 Å². The molecular formula is C16H18N4O2. The summed E-state index contributed by atoms with van der Waals surface area (Å²) in [7, 11) is 0. The molecule has 1 aromatic rings. The SMILES string of the molecule is N#CC1CN(C(=O)/C=C/c2cncc(O)c2)CCN1C1CC1. The molecule has 1 atom stereocenters. The van der Waals surface area contributed by atoms with Crippen molar-refractivity contribution >= 4 is 12.0 Å². The zero-order chi connectivity index (χ0) is 15.5. The van der Waals surface area contributed by atoms with Crippen LogP contribution < -0.4 is 0 Å². The number of carbonyl (C=O) groups excluding carboxylic acids is 1. The highest BCUT2D eigenvalue weighted by molar-refractivity contribution is 5.91. The fourth-order valence-electron chi connectivity index (χ4n) is 2.76. The van der Waals surface area contributed by atoms with Crippen LogP contribution in [0.5, 0.6) is 5.75 Å². The summed E-state index contributed by atoms with van der Waals surface area (Å²) in [6, 6.07) is 4.18. The van der Waals surface area contributed by atoms with E-state index in [9.17, 15) is 15.2 Å². The van der Waals surface area contributed by atoms with Crippen molar-refractivity contribution in [2.45, 2.75) is 24.9 Å². The molecule has 22 heavy (non-hydrogen) atoms. The number of hydrogen-bond donors (Lipinski definition) is 1. The van der Waals surface area contributed by atoms with Gasteiger partial charge in [-0.2, -0.15) is 5.26 Å². The second-order valence-corrected chi connectivity index (χ2v) is 5.71. The van der Waals surface area contributed by atoms with Crippen molar-refractivity contribution in [3.63, 3.8) is 0 Å². The van der Waals surface area contributed by atoms with E-state index in [1.54, 1.807) is 23.2 Å². The minimum Gasteiger partial charge on any atom is -0.506 e. The first kappa shape index (κ1) is 14.5. The quantitative estimate of drug-likeness (QED) is 0.842. The Kier molecular flexibility index (Phi) is 4.07. The minimum atomic E-state index is -0.207. The van der Waals surface area contributed by atoms with Gasteiger partial charge in [-0.3, -0.25) is 14.7 Å². The third-order valence-corrected chi connectivity index (χ3v) is 4.06. The third-order valence-electron chi connectivity index (χ3n) is 4.06. The Labute approximate surface area is 129 Å². The summed E-state index contributed by atoms with van der Waals surface area (Å²) < 4.78 is 0. The first-order chi connectivity index (χ1) is 10.7. The second-order valence-electron chi connectivity index (χ2n) is 5.71. The van der Waals surface area contributed by atoms with Gasteiger partial charge in [-0.1, -0.05) is 0 Å². The number of carbonyl (C=O) groups is 1. The number of rotatable bonds is 3. The third kappa shape index (κ3) is 3.26. The van der Waals surface area contributed by atoms with Crippen LogP contribution in [0.3, 0.4) is 0 Å². The molecule has 0 radical (unpaired) electrons. The molecule has 1 unspecified atom stereocenters. The van der Waals surface area contributed by atoms with E-state index in [4.69, 9.17) is 0 Å². The van der Waals surface area contributed by atoms with Gasteiger partial charge in [0.05, 0.1) is 12.3 Å². The molecule has 1 saturated carbocycles. The van der Waals surface area contributed by atoms with Crippen LogP contribution in [0.4, 0.5) is 0 Å². The molecule has 6 heteroatoms. The molecule has 0 spiro atoms. The number of piperazine rings is 1. The second kappa shape index (κ2) is 6.16. The van der Waals surface area contributed by atoms with Crippen LogP contribution in [0.1, 0.15) is 18.4 Å². The maximum Gasteiger partial charge on any atom is 0.246 e. The highest BCUT2D eigenvalue weighted by Crippen LogP contribution is 2.30. The molecule has 0 aromatic carbocycles. The zero-order valence-corrected chi connectivity index (χ0v) is 12.2. The average molecular weight is 298 g/mol. The van der Waals surface area contributed by atoms with E-state index in [2.05, 4.69) is 16.0 Å². The first-order valence-corrected chi connectivity index (χ1v) is 7.44. The summed E-state index contributed by atoms with van der Waals surface area (Å²) in [6.07, 6.45) is 8.34. The number of amides is 1. The molecule has 6 nitrogen and oxygen atoms in total. The lowest BCUT2D eigenvalue weighted by Gasteiger charge is -2.38. The largest absolute Gasteiger partial charge is 0.506 e. The molecule has 1 aliphatic heterocycles. The fourth-order valence-corrected chi connectivity index (χ4v) is 2.76. The van der Waals surface area contributed by atoms with Gasteiger partial charge in [0.2, 0.25) is 5.91 Å². The molecule has 1 N–H and O–H groups in total. The monoisotopic (exact) mass is 298 g/mol. The molecular weight excluding hydrogens is 280 g/mol. The summed E-state index contributed by atoms with van der Waals surface area (Å²) in [6.45, 7) is 1.86. The predicted octanol–water partition coefficient (Wildman–Crippen LogP) is 0.999. The normalized spacial score (nSPS) is 22.7. The van der Waals surface area contributed by atoms with Crippen LogP contribution in [-0.4, -0.2) is 57.5 Å². The summed E-state index contributed by atoms with van der Waals surface area (Å²) in [5.74, 6) is -0.0452. The maximum absolute atomic E-state index is 12.2. The number of aromatic nitrogens is 1. The van der Waals surface area contributed by atoms with Gasteiger partial charge >= 0.3 is 0 Å². The molecule has 1 saturated heterocycles. The van der Waals surface area contributed by atoms with Crippen molar-refractivity contribution in [2.24, 2.45) is 0 Å². The first-order valence-electron chi connectivity index (χ1n) is 7.44. The Morgan fingerprint density at radius 1 is 1.41 bits per heavy atom. The molecule has 2 aliphatic rings. The average Bonchev–Trinajstić information content (AvgIpc) is 3.37. The number of nitrogens with zero attached hydrogens (tertiary/aromatic N) is 4. The van der Waals surface area contributed by atoms with E-state index in [1.165, 1.54) is 12.3 Å².